The number of nitrogens with zero attached hydrogens (tertiary/aromatic N) is 5. The molecule has 118 valence electrons. The van der Waals surface area contributed by atoms with E-state index in [2.05, 4.69) is 14.9 Å². The zero-order valence-electron chi connectivity index (χ0n) is 12.9. The van der Waals surface area contributed by atoms with Crippen LogP contribution in [0.3, 0.4) is 0 Å². The zero-order valence-corrected chi connectivity index (χ0v) is 12.9. The van der Waals surface area contributed by atoms with Crippen molar-refractivity contribution in [1.29, 1.82) is 0 Å². The number of anilines is 1. The lowest BCUT2D eigenvalue weighted by molar-refractivity contribution is -0.118. The number of piperazine rings is 1. The van der Waals surface area contributed by atoms with Gasteiger partial charge in [0.25, 0.3) is 5.91 Å². The first-order valence-electron chi connectivity index (χ1n) is 7.76. The summed E-state index contributed by atoms with van der Waals surface area (Å²) in [6, 6.07) is 1.78. The van der Waals surface area contributed by atoms with Crippen LogP contribution in [-0.4, -0.2) is 71.4 Å². The maximum atomic E-state index is 12.5. The first-order valence-corrected chi connectivity index (χ1v) is 7.76. The molecule has 22 heavy (non-hydrogen) atoms. The van der Waals surface area contributed by atoms with Crippen molar-refractivity contribution in [2.24, 2.45) is 0 Å². The molecule has 0 bridgehead atoms. The highest BCUT2D eigenvalue weighted by Crippen LogP contribution is 2.18. The highest BCUT2D eigenvalue weighted by molar-refractivity contribution is 5.93. The van der Waals surface area contributed by atoms with Crippen molar-refractivity contribution in [3.8, 4) is 0 Å². The average Bonchev–Trinajstić information content (AvgIpc) is 3.08. The van der Waals surface area contributed by atoms with Crippen LogP contribution in [0.15, 0.2) is 6.07 Å². The molecular formula is C15H21N5O2. The molecular weight excluding hydrogens is 282 g/mol. The second-order valence-electron chi connectivity index (χ2n) is 5.79. The Bertz CT molecular complexity index is 563. The molecule has 0 unspecified atom stereocenters. The van der Waals surface area contributed by atoms with Gasteiger partial charge in [-0.2, -0.15) is 0 Å². The highest BCUT2D eigenvalue weighted by atomic mass is 16.2. The summed E-state index contributed by atoms with van der Waals surface area (Å²) in [4.78, 5) is 37.8. The molecule has 1 aromatic rings. The molecule has 0 spiro atoms. The molecule has 0 atom stereocenters. The highest BCUT2D eigenvalue weighted by Gasteiger charge is 2.23. The van der Waals surface area contributed by atoms with Crippen molar-refractivity contribution in [3.05, 3.63) is 17.6 Å². The lowest BCUT2D eigenvalue weighted by Crippen LogP contribution is -2.46. The summed E-state index contributed by atoms with van der Waals surface area (Å²) in [6.07, 6.45) is 3.01. The summed E-state index contributed by atoms with van der Waals surface area (Å²) in [5.74, 6) is 1.38. The fourth-order valence-electron chi connectivity index (χ4n) is 2.96. The van der Waals surface area contributed by atoms with Gasteiger partial charge in [0, 0.05) is 45.3 Å². The van der Waals surface area contributed by atoms with Crippen molar-refractivity contribution in [1.82, 2.24) is 19.8 Å². The molecule has 0 N–H and O–H groups in total. The normalized spacial score (nSPS) is 18.7. The zero-order chi connectivity index (χ0) is 15.5. The number of amides is 2. The maximum absolute atomic E-state index is 12.5. The Morgan fingerprint density at radius 1 is 1.09 bits per heavy atom. The third-order valence-electron chi connectivity index (χ3n) is 4.22. The Morgan fingerprint density at radius 2 is 1.77 bits per heavy atom. The second kappa shape index (κ2) is 6.29. The lowest BCUT2D eigenvalue weighted by atomic mass is 10.3. The van der Waals surface area contributed by atoms with E-state index >= 15 is 0 Å². The van der Waals surface area contributed by atoms with Gasteiger partial charge in [0.15, 0.2) is 0 Å². The fourth-order valence-corrected chi connectivity index (χ4v) is 2.96. The van der Waals surface area contributed by atoms with Gasteiger partial charge in [-0.05, 0) is 19.8 Å². The number of hydrogen-bond acceptors (Lipinski definition) is 5. The number of aryl methyl sites for hydroxylation is 1. The van der Waals surface area contributed by atoms with E-state index in [0.717, 1.165) is 51.2 Å². The van der Waals surface area contributed by atoms with Crippen molar-refractivity contribution in [3.63, 3.8) is 0 Å². The smallest absolute Gasteiger partial charge is 0.272 e. The van der Waals surface area contributed by atoms with Crippen molar-refractivity contribution in [2.45, 2.75) is 19.8 Å². The summed E-state index contributed by atoms with van der Waals surface area (Å²) in [5, 5.41) is 0. The van der Waals surface area contributed by atoms with Crippen LogP contribution in [0.25, 0.3) is 0 Å². The number of likely N-dealkylation sites (tertiary alicyclic amines) is 1. The fraction of sp³-hybridized carbons (Fsp3) is 0.600. The number of carbonyl (C=O) groups is 2. The molecule has 2 aliphatic heterocycles. The molecule has 2 amide bonds. The standard InChI is InChI=1S/C15H21N5O2/c1-12-16-13(15(22)20-4-2-3-5-20)10-14(17-12)19-8-6-18(11-21)7-9-19/h10-11H,2-9H2,1H3. The van der Waals surface area contributed by atoms with Gasteiger partial charge in [0.05, 0.1) is 0 Å². The van der Waals surface area contributed by atoms with E-state index in [9.17, 15) is 9.59 Å². The monoisotopic (exact) mass is 303 g/mol. The Morgan fingerprint density at radius 3 is 2.41 bits per heavy atom. The summed E-state index contributed by atoms with van der Waals surface area (Å²) in [7, 11) is 0. The molecule has 0 radical (unpaired) electrons. The molecule has 7 nitrogen and oxygen atoms in total. The van der Waals surface area contributed by atoms with Crippen LogP contribution in [0, 0.1) is 6.92 Å². The van der Waals surface area contributed by atoms with E-state index in [1.807, 2.05) is 11.8 Å². The van der Waals surface area contributed by atoms with E-state index in [4.69, 9.17) is 0 Å². The van der Waals surface area contributed by atoms with Crippen LogP contribution in [0.5, 0.6) is 0 Å². The van der Waals surface area contributed by atoms with Gasteiger partial charge in [-0.3, -0.25) is 9.59 Å². The van der Waals surface area contributed by atoms with Crippen molar-refractivity contribution >= 4 is 18.1 Å². The number of hydrogen-bond donors (Lipinski definition) is 0. The first kappa shape index (κ1) is 14.7. The van der Waals surface area contributed by atoms with Crippen LogP contribution in [0.1, 0.15) is 29.2 Å². The minimum atomic E-state index is -0.00391. The van der Waals surface area contributed by atoms with E-state index in [0.29, 0.717) is 24.6 Å². The van der Waals surface area contributed by atoms with Crippen LogP contribution in [0.4, 0.5) is 5.82 Å². The van der Waals surface area contributed by atoms with Gasteiger partial charge in [-0.25, -0.2) is 9.97 Å². The molecule has 1 aromatic heterocycles. The van der Waals surface area contributed by atoms with Gasteiger partial charge < -0.3 is 14.7 Å². The molecule has 2 fully saturated rings. The van der Waals surface area contributed by atoms with E-state index < -0.39 is 0 Å². The lowest BCUT2D eigenvalue weighted by Gasteiger charge is -2.33. The van der Waals surface area contributed by atoms with Crippen molar-refractivity contribution < 1.29 is 9.59 Å². The molecule has 0 aliphatic carbocycles. The quantitative estimate of drug-likeness (QED) is 0.751. The van der Waals surface area contributed by atoms with Crippen LogP contribution in [-0.2, 0) is 4.79 Å². The predicted octanol–water partition coefficient (Wildman–Crippen LogP) is 0.299. The van der Waals surface area contributed by atoms with Gasteiger partial charge in [-0.1, -0.05) is 0 Å². The Kier molecular flexibility index (Phi) is 4.22. The molecule has 3 heterocycles. The Balaban J connectivity index is 1.78. The number of carbonyl (C=O) groups excluding carboxylic acids is 2. The second-order valence-corrected chi connectivity index (χ2v) is 5.79. The van der Waals surface area contributed by atoms with Gasteiger partial charge >= 0.3 is 0 Å². The summed E-state index contributed by atoms with van der Waals surface area (Å²) < 4.78 is 0. The Labute approximate surface area is 129 Å². The molecule has 2 saturated heterocycles. The molecule has 0 saturated carbocycles. The Hall–Kier alpha value is -2.18. The van der Waals surface area contributed by atoms with Crippen LogP contribution in [0.2, 0.25) is 0 Å². The summed E-state index contributed by atoms with van der Waals surface area (Å²) in [6.45, 7) is 6.26. The van der Waals surface area contributed by atoms with E-state index in [-0.39, 0.29) is 5.91 Å². The third kappa shape index (κ3) is 3.03. The summed E-state index contributed by atoms with van der Waals surface area (Å²) >= 11 is 0. The molecule has 2 aliphatic rings. The minimum Gasteiger partial charge on any atom is -0.353 e. The van der Waals surface area contributed by atoms with Gasteiger partial charge in [0.1, 0.15) is 17.3 Å². The minimum absolute atomic E-state index is 0.00391. The third-order valence-corrected chi connectivity index (χ3v) is 4.22. The summed E-state index contributed by atoms with van der Waals surface area (Å²) in [5.41, 5.74) is 0.474. The SMILES string of the molecule is Cc1nc(C(=O)N2CCCC2)cc(N2CCN(C=O)CC2)n1. The maximum Gasteiger partial charge on any atom is 0.272 e. The van der Waals surface area contributed by atoms with E-state index in [1.54, 1.807) is 11.0 Å². The molecule has 0 aromatic carbocycles. The van der Waals surface area contributed by atoms with E-state index in [1.165, 1.54) is 0 Å². The topological polar surface area (TPSA) is 69.6 Å². The predicted molar refractivity (Wildman–Crippen MR) is 81.8 cm³/mol. The van der Waals surface area contributed by atoms with Crippen LogP contribution >= 0.6 is 0 Å². The average molecular weight is 303 g/mol. The van der Waals surface area contributed by atoms with Crippen LogP contribution < -0.4 is 4.90 Å². The number of aromatic nitrogens is 2. The van der Waals surface area contributed by atoms with Gasteiger partial charge in [-0.15, -0.1) is 0 Å². The van der Waals surface area contributed by atoms with Gasteiger partial charge in [0.2, 0.25) is 6.41 Å². The number of rotatable bonds is 3. The largest absolute Gasteiger partial charge is 0.353 e. The van der Waals surface area contributed by atoms with Crippen molar-refractivity contribution in [2.75, 3.05) is 44.2 Å². The molecule has 3 rings (SSSR count). The first-order chi connectivity index (χ1) is 10.7. The molecule has 7 heteroatoms.